The number of hydrogen-bond acceptors (Lipinski definition) is 6. The van der Waals surface area contributed by atoms with Crippen LogP contribution in [0.3, 0.4) is 0 Å². The number of nitrogens with one attached hydrogen (secondary N) is 1. The van der Waals surface area contributed by atoms with Gasteiger partial charge < -0.3 is 14.7 Å². The maximum Gasteiger partial charge on any atom is 0.295 e. The van der Waals surface area contributed by atoms with Crippen LogP contribution >= 0.6 is 0 Å². The number of likely N-dealkylation sites (tertiary alicyclic amines) is 1. The molecule has 1 atom stereocenters. The van der Waals surface area contributed by atoms with E-state index in [1.165, 1.54) is 4.90 Å². The van der Waals surface area contributed by atoms with Crippen LogP contribution in [0.5, 0.6) is 5.75 Å². The number of amides is 1. The van der Waals surface area contributed by atoms with E-state index in [-0.39, 0.29) is 24.0 Å². The average Bonchev–Trinajstić information content (AvgIpc) is 3.25. The van der Waals surface area contributed by atoms with Gasteiger partial charge in [-0.15, -0.1) is 0 Å². The first-order valence-electron chi connectivity index (χ1n) is 10.7. The Morgan fingerprint density at radius 3 is 2.48 bits per heavy atom. The first kappa shape index (κ1) is 22.3. The maximum absolute atomic E-state index is 13.2. The molecule has 2 aromatic heterocycles. The highest BCUT2D eigenvalue weighted by atomic mass is 16.5. The van der Waals surface area contributed by atoms with Gasteiger partial charge in [0.25, 0.3) is 11.7 Å². The summed E-state index contributed by atoms with van der Waals surface area (Å²) < 4.78 is 5.73. The van der Waals surface area contributed by atoms with Crippen molar-refractivity contribution in [1.82, 2.24) is 20.1 Å². The van der Waals surface area contributed by atoms with E-state index in [9.17, 15) is 14.7 Å². The molecule has 3 heterocycles. The number of aliphatic hydroxyl groups is 1. The minimum absolute atomic E-state index is 0.0131. The predicted molar refractivity (Wildman–Crippen MR) is 122 cm³/mol. The predicted octanol–water partition coefficient (Wildman–Crippen LogP) is 3.83. The fourth-order valence-corrected chi connectivity index (χ4v) is 4.11. The van der Waals surface area contributed by atoms with E-state index in [1.54, 1.807) is 44.4 Å². The maximum atomic E-state index is 13.2. The van der Waals surface area contributed by atoms with Gasteiger partial charge in [-0.1, -0.05) is 18.2 Å². The molecule has 1 aromatic carbocycles. The Morgan fingerprint density at radius 2 is 1.91 bits per heavy atom. The average molecular weight is 447 g/mol. The molecule has 0 saturated carbocycles. The van der Waals surface area contributed by atoms with Crippen LogP contribution in [-0.4, -0.2) is 43.0 Å². The summed E-state index contributed by atoms with van der Waals surface area (Å²) in [6, 6.07) is 10.1. The second kappa shape index (κ2) is 8.90. The summed E-state index contributed by atoms with van der Waals surface area (Å²) in [5.74, 6) is -0.964. The Kier molecular flexibility index (Phi) is 6.00. The van der Waals surface area contributed by atoms with Crippen molar-refractivity contribution in [3.8, 4) is 5.75 Å². The number of benzene rings is 1. The molecule has 1 aliphatic rings. The largest absolute Gasteiger partial charge is 0.507 e. The van der Waals surface area contributed by atoms with Gasteiger partial charge in [-0.25, -0.2) is 0 Å². The molecule has 1 aliphatic heterocycles. The molecule has 4 rings (SSSR count). The lowest BCUT2D eigenvalue weighted by molar-refractivity contribution is -0.140. The molecule has 0 radical (unpaired) electrons. The minimum atomic E-state index is -0.771. The Balaban J connectivity index is 1.85. The molecular formula is C25H26N4O4. The standard InChI is InChI=1S/C25H26N4O4/c1-14(2)33-19-9-7-18(8-10-19)22-21(23(30)20-15(3)27-28-16(20)4)24(31)25(32)29(22)13-17-6-5-11-26-12-17/h5-12,14,22,30H,13H2,1-4H3,(H,27,28)/t22-/m0/s1. The molecule has 3 aromatic rings. The highest BCUT2D eigenvalue weighted by Crippen LogP contribution is 2.41. The quantitative estimate of drug-likeness (QED) is 0.338. The zero-order valence-corrected chi connectivity index (χ0v) is 19.0. The molecule has 0 bridgehead atoms. The van der Waals surface area contributed by atoms with Crippen molar-refractivity contribution < 1.29 is 19.4 Å². The number of aryl methyl sites for hydroxylation is 2. The number of carbonyl (C=O) groups excluding carboxylic acids is 2. The van der Waals surface area contributed by atoms with E-state index in [2.05, 4.69) is 15.2 Å². The van der Waals surface area contributed by atoms with Gasteiger partial charge in [-0.3, -0.25) is 19.7 Å². The smallest absolute Gasteiger partial charge is 0.295 e. The summed E-state index contributed by atoms with van der Waals surface area (Å²) in [5, 5.41) is 18.2. The lowest BCUT2D eigenvalue weighted by Crippen LogP contribution is -2.29. The molecule has 170 valence electrons. The molecule has 1 fully saturated rings. The normalized spacial score (nSPS) is 17.7. The van der Waals surface area contributed by atoms with Gasteiger partial charge in [0.1, 0.15) is 11.5 Å². The Morgan fingerprint density at radius 1 is 1.18 bits per heavy atom. The number of Topliss-reactive ketones (excluding diaryl/α,β-unsaturated/α-hetero) is 1. The molecule has 2 N–H and O–H groups in total. The Hall–Kier alpha value is -3.94. The van der Waals surface area contributed by atoms with Gasteiger partial charge in [0, 0.05) is 24.6 Å². The number of aromatic nitrogens is 3. The van der Waals surface area contributed by atoms with Crippen molar-refractivity contribution >= 4 is 17.4 Å². The van der Waals surface area contributed by atoms with E-state index in [0.717, 1.165) is 5.56 Å². The molecule has 8 nitrogen and oxygen atoms in total. The van der Waals surface area contributed by atoms with Gasteiger partial charge in [0.2, 0.25) is 0 Å². The summed E-state index contributed by atoms with van der Waals surface area (Å²) >= 11 is 0. The number of ether oxygens (including phenoxy) is 1. The monoisotopic (exact) mass is 446 g/mol. The number of nitrogens with zero attached hydrogens (tertiary/aromatic N) is 3. The van der Waals surface area contributed by atoms with Gasteiger partial charge in [-0.2, -0.15) is 5.10 Å². The topological polar surface area (TPSA) is 108 Å². The number of H-pyrrole nitrogens is 1. The molecular weight excluding hydrogens is 420 g/mol. The number of hydrogen-bond donors (Lipinski definition) is 2. The zero-order valence-electron chi connectivity index (χ0n) is 19.0. The highest BCUT2D eigenvalue weighted by Gasteiger charge is 2.46. The van der Waals surface area contributed by atoms with Crippen LogP contribution < -0.4 is 4.74 Å². The summed E-state index contributed by atoms with van der Waals surface area (Å²) in [5.41, 5.74) is 3.09. The van der Waals surface area contributed by atoms with Gasteiger partial charge in [-0.05, 0) is 57.0 Å². The van der Waals surface area contributed by atoms with Crippen LogP contribution in [0.1, 0.15) is 48.0 Å². The van der Waals surface area contributed by atoms with Gasteiger partial charge >= 0.3 is 0 Å². The second-order valence-corrected chi connectivity index (χ2v) is 8.33. The van der Waals surface area contributed by atoms with E-state index in [4.69, 9.17) is 4.74 Å². The number of pyridine rings is 1. The second-order valence-electron chi connectivity index (χ2n) is 8.33. The molecule has 0 aliphatic carbocycles. The third kappa shape index (κ3) is 4.24. The SMILES string of the molecule is Cc1n[nH]c(C)c1C(O)=C1C(=O)C(=O)N(Cc2cccnc2)[C@H]1c1ccc(OC(C)C)cc1. The fourth-order valence-electron chi connectivity index (χ4n) is 4.11. The van der Waals surface area contributed by atoms with Crippen LogP contribution in [0, 0.1) is 13.8 Å². The first-order valence-corrected chi connectivity index (χ1v) is 10.7. The van der Waals surface area contributed by atoms with Crippen LogP contribution in [-0.2, 0) is 16.1 Å². The summed E-state index contributed by atoms with van der Waals surface area (Å²) in [6.07, 6.45) is 3.31. The third-order valence-electron chi connectivity index (χ3n) is 5.55. The summed E-state index contributed by atoms with van der Waals surface area (Å²) in [7, 11) is 0. The van der Waals surface area contributed by atoms with Crippen molar-refractivity contribution in [2.75, 3.05) is 0 Å². The van der Waals surface area contributed by atoms with Crippen molar-refractivity contribution in [1.29, 1.82) is 0 Å². The number of rotatable bonds is 6. The summed E-state index contributed by atoms with van der Waals surface area (Å²) in [4.78, 5) is 31.9. The number of aliphatic hydroxyl groups excluding tert-OH is 1. The molecule has 1 saturated heterocycles. The van der Waals surface area contributed by atoms with E-state index in [1.807, 2.05) is 32.0 Å². The van der Waals surface area contributed by atoms with Crippen molar-refractivity contribution in [3.05, 3.63) is 82.4 Å². The molecule has 0 spiro atoms. The number of carbonyl (C=O) groups is 2. The van der Waals surface area contributed by atoms with Gasteiger partial charge in [0.05, 0.1) is 29.0 Å². The lowest BCUT2D eigenvalue weighted by Gasteiger charge is -2.25. The van der Waals surface area contributed by atoms with Crippen LogP contribution in [0.4, 0.5) is 0 Å². The van der Waals surface area contributed by atoms with E-state index >= 15 is 0 Å². The third-order valence-corrected chi connectivity index (χ3v) is 5.55. The number of ketones is 1. The van der Waals surface area contributed by atoms with Crippen LogP contribution in [0.25, 0.3) is 5.76 Å². The van der Waals surface area contributed by atoms with Crippen LogP contribution in [0.15, 0.2) is 54.4 Å². The number of aromatic amines is 1. The Labute approximate surface area is 191 Å². The van der Waals surface area contributed by atoms with E-state index < -0.39 is 17.7 Å². The first-order chi connectivity index (χ1) is 15.8. The van der Waals surface area contributed by atoms with Crippen LogP contribution in [0.2, 0.25) is 0 Å². The van der Waals surface area contributed by atoms with Gasteiger partial charge in [0.15, 0.2) is 0 Å². The Bertz CT molecular complexity index is 1190. The molecule has 8 heteroatoms. The minimum Gasteiger partial charge on any atom is -0.507 e. The van der Waals surface area contributed by atoms with Crippen molar-refractivity contribution in [2.45, 2.75) is 46.4 Å². The molecule has 1 amide bonds. The summed E-state index contributed by atoms with van der Waals surface area (Å²) in [6.45, 7) is 7.54. The van der Waals surface area contributed by atoms with Crippen molar-refractivity contribution in [3.63, 3.8) is 0 Å². The van der Waals surface area contributed by atoms with E-state index in [0.29, 0.717) is 28.3 Å². The van der Waals surface area contributed by atoms with Crippen molar-refractivity contribution in [2.24, 2.45) is 0 Å². The fraction of sp³-hybridized carbons (Fsp3) is 0.280. The highest BCUT2D eigenvalue weighted by molar-refractivity contribution is 6.46. The molecule has 0 unspecified atom stereocenters. The lowest BCUT2D eigenvalue weighted by atomic mass is 9.94. The molecule has 33 heavy (non-hydrogen) atoms. The zero-order chi connectivity index (χ0) is 23.7.